The molecule has 3 rings (SSSR count). The van der Waals surface area contributed by atoms with Gasteiger partial charge in [-0.3, -0.25) is 14.7 Å². The number of nitrogens with one attached hydrogen (secondary N) is 2. The first-order valence-electron chi connectivity index (χ1n) is 8.76. The lowest BCUT2D eigenvalue weighted by Gasteiger charge is -2.25. The number of hydrogen-bond acceptors (Lipinski definition) is 8. The molecule has 1 fully saturated rings. The van der Waals surface area contributed by atoms with Gasteiger partial charge in [-0.05, 0) is 6.08 Å². The quantitative estimate of drug-likeness (QED) is 0.524. The Labute approximate surface area is 160 Å². The summed E-state index contributed by atoms with van der Waals surface area (Å²) in [5.74, 6) is -0.243. The summed E-state index contributed by atoms with van der Waals surface area (Å²) in [6, 6.07) is 0. The van der Waals surface area contributed by atoms with Gasteiger partial charge in [-0.25, -0.2) is 9.37 Å². The van der Waals surface area contributed by atoms with E-state index in [0.29, 0.717) is 11.3 Å². The average molecular weight is 394 g/mol. The molecule has 0 bridgehead atoms. The van der Waals surface area contributed by atoms with Crippen molar-refractivity contribution in [2.45, 2.75) is 38.0 Å². The Morgan fingerprint density at radius 3 is 2.82 bits per heavy atom. The van der Waals surface area contributed by atoms with Crippen molar-refractivity contribution < 1.29 is 24.1 Å². The maximum atomic E-state index is 15.4. The zero-order chi connectivity index (χ0) is 20.6. The number of amides is 1. The number of carbonyl (C=O) groups excluding carboxylic acids is 1. The van der Waals surface area contributed by atoms with E-state index >= 15 is 4.39 Å². The highest BCUT2D eigenvalue weighted by Crippen LogP contribution is 2.43. The Morgan fingerprint density at radius 1 is 1.54 bits per heavy atom. The highest BCUT2D eigenvalue weighted by molar-refractivity contribution is 5.92. The molecule has 1 saturated heterocycles. The van der Waals surface area contributed by atoms with Gasteiger partial charge in [0.15, 0.2) is 23.2 Å². The monoisotopic (exact) mass is 394 g/mol. The molecule has 0 unspecified atom stereocenters. The molecule has 0 aromatic carbocycles. The Kier molecular flexibility index (Phi) is 5.33. The third kappa shape index (κ3) is 3.11. The molecule has 3 heterocycles. The van der Waals surface area contributed by atoms with Crippen molar-refractivity contribution >= 4 is 28.8 Å². The third-order valence-electron chi connectivity index (χ3n) is 4.65. The van der Waals surface area contributed by atoms with Crippen LogP contribution in [0.5, 0.6) is 0 Å². The molecule has 0 radical (unpaired) electrons. The predicted molar refractivity (Wildman–Crippen MR) is 99.4 cm³/mol. The Balaban J connectivity index is 2.11. The number of aliphatic hydroxyl groups is 2. The van der Waals surface area contributed by atoms with Crippen molar-refractivity contribution in [1.82, 2.24) is 19.5 Å². The summed E-state index contributed by atoms with van der Waals surface area (Å²) < 4.78 is 22.2. The normalized spacial score (nSPS) is 27.3. The van der Waals surface area contributed by atoms with Gasteiger partial charge in [0.05, 0.1) is 12.9 Å². The molecule has 2 aromatic rings. The van der Waals surface area contributed by atoms with Gasteiger partial charge in [0, 0.05) is 13.0 Å². The lowest BCUT2D eigenvalue weighted by molar-refractivity contribution is -0.118. The molecule has 152 valence electrons. The number of carbonyl (C=O) groups is 1. The minimum Gasteiger partial charge on any atom is -0.394 e. The number of ether oxygens (including phenoxy) is 1. The second kappa shape index (κ2) is 7.41. The second-order valence-corrected chi connectivity index (χ2v) is 6.80. The Hall–Kier alpha value is -2.63. The summed E-state index contributed by atoms with van der Waals surface area (Å²) in [6.07, 6.45) is -1.90. The van der Waals surface area contributed by atoms with E-state index in [1.807, 2.05) is 0 Å². The molecule has 4 N–H and O–H groups in total. The number of imidazole rings is 1. The van der Waals surface area contributed by atoms with Gasteiger partial charge in [0.2, 0.25) is 17.5 Å². The molecule has 1 aliphatic heterocycles. The Bertz CT molecular complexity index is 903. The van der Waals surface area contributed by atoms with Gasteiger partial charge < -0.3 is 20.3 Å². The summed E-state index contributed by atoms with van der Waals surface area (Å²) >= 11 is 0. The van der Waals surface area contributed by atoms with Gasteiger partial charge in [0.25, 0.3) is 0 Å². The number of rotatable bonds is 6. The molecule has 11 heteroatoms. The highest BCUT2D eigenvalue weighted by Gasteiger charge is 2.56. The van der Waals surface area contributed by atoms with Crippen LogP contribution in [0.15, 0.2) is 19.0 Å². The van der Waals surface area contributed by atoms with Crippen LogP contribution in [0, 0.1) is 5.92 Å². The molecule has 4 atom stereocenters. The lowest BCUT2D eigenvalue weighted by Crippen LogP contribution is -2.41. The van der Waals surface area contributed by atoms with Gasteiger partial charge in [0.1, 0.15) is 12.2 Å². The first-order valence-corrected chi connectivity index (χ1v) is 8.76. The molecule has 1 amide bonds. The standard InChI is InChI=1S/C17H23FN6O4/c1-5-17(18)11(26)9(6-25)28-15(17)24-7-20-10-12(19-4)21-16(22-13(10)24)23-14(27)8(2)3/h5,7-9,11,15,25-26H,1,6H2,2-4H3,(H2,19,21,22,23,27)/t9-,11-,15-,17-/m1/s1. The van der Waals surface area contributed by atoms with E-state index in [1.165, 1.54) is 10.9 Å². The van der Waals surface area contributed by atoms with E-state index in [1.54, 1.807) is 20.9 Å². The van der Waals surface area contributed by atoms with Crippen molar-refractivity contribution in [2.75, 3.05) is 24.3 Å². The lowest BCUT2D eigenvalue weighted by atomic mass is 9.96. The molecule has 1 aliphatic rings. The molecule has 0 spiro atoms. The van der Waals surface area contributed by atoms with Gasteiger partial charge >= 0.3 is 0 Å². The Morgan fingerprint density at radius 2 is 2.25 bits per heavy atom. The van der Waals surface area contributed by atoms with E-state index in [9.17, 15) is 15.0 Å². The number of nitrogens with zero attached hydrogens (tertiary/aromatic N) is 4. The molecular formula is C17H23FN6O4. The number of fused-ring (bicyclic) bond motifs is 1. The molecule has 2 aromatic heterocycles. The summed E-state index contributed by atoms with van der Waals surface area (Å²) in [4.78, 5) is 24.7. The zero-order valence-corrected chi connectivity index (χ0v) is 15.8. The summed E-state index contributed by atoms with van der Waals surface area (Å²) in [5, 5.41) is 25.0. The fraction of sp³-hybridized carbons (Fsp3) is 0.529. The van der Waals surface area contributed by atoms with Crippen LogP contribution in [0.2, 0.25) is 0 Å². The molecule has 0 saturated carbocycles. The summed E-state index contributed by atoms with van der Waals surface area (Å²) in [5.41, 5.74) is -1.88. The fourth-order valence-corrected chi connectivity index (χ4v) is 2.99. The van der Waals surface area contributed by atoms with Gasteiger partial charge in [-0.1, -0.05) is 20.4 Å². The van der Waals surface area contributed by atoms with Crippen LogP contribution in [-0.2, 0) is 9.53 Å². The van der Waals surface area contributed by atoms with Crippen molar-refractivity contribution in [3.63, 3.8) is 0 Å². The summed E-state index contributed by atoms with van der Waals surface area (Å²) in [7, 11) is 1.62. The van der Waals surface area contributed by atoms with E-state index in [-0.39, 0.29) is 23.4 Å². The maximum Gasteiger partial charge on any atom is 0.233 e. The predicted octanol–water partition coefficient (Wildman–Crippen LogP) is 0.607. The van der Waals surface area contributed by atoms with Crippen LogP contribution < -0.4 is 10.6 Å². The molecule has 10 nitrogen and oxygen atoms in total. The van der Waals surface area contributed by atoms with E-state index in [4.69, 9.17) is 4.74 Å². The van der Waals surface area contributed by atoms with E-state index in [2.05, 4.69) is 32.2 Å². The first-order chi connectivity index (χ1) is 13.3. The number of aromatic nitrogens is 4. The largest absolute Gasteiger partial charge is 0.394 e. The minimum atomic E-state index is -2.38. The van der Waals surface area contributed by atoms with Gasteiger partial charge in [-0.15, -0.1) is 0 Å². The topological polar surface area (TPSA) is 134 Å². The maximum absolute atomic E-state index is 15.4. The number of anilines is 2. The number of alkyl halides is 1. The first kappa shape index (κ1) is 20.1. The van der Waals surface area contributed by atoms with Crippen LogP contribution in [0.25, 0.3) is 11.2 Å². The molecule has 28 heavy (non-hydrogen) atoms. The molecular weight excluding hydrogens is 371 g/mol. The van der Waals surface area contributed by atoms with Crippen molar-refractivity contribution in [3.05, 3.63) is 19.0 Å². The van der Waals surface area contributed by atoms with Crippen molar-refractivity contribution in [3.8, 4) is 0 Å². The van der Waals surface area contributed by atoms with Crippen molar-refractivity contribution in [1.29, 1.82) is 0 Å². The molecule has 0 aliphatic carbocycles. The second-order valence-electron chi connectivity index (χ2n) is 6.80. The summed E-state index contributed by atoms with van der Waals surface area (Å²) in [6.45, 7) is 6.33. The fourth-order valence-electron chi connectivity index (χ4n) is 2.99. The minimum absolute atomic E-state index is 0.0117. The highest BCUT2D eigenvalue weighted by atomic mass is 19.1. The number of halogens is 1. The van der Waals surface area contributed by atoms with Gasteiger partial charge in [-0.2, -0.15) is 9.97 Å². The van der Waals surface area contributed by atoms with Crippen LogP contribution >= 0.6 is 0 Å². The SMILES string of the molecule is C=C[C@@]1(F)[C@H](O)[C@@H](CO)O[C@H]1n1cnc2c(NC)nc(NC(=O)C(C)C)nc21. The smallest absolute Gasteiger partial charge is 0.233 e. The van der Waals surface area contributed by atoms with Crippen LogP contribution in [0.4, 0.5) is 16.2 Å². The average Bonchev–Trinajstić information content (AvgIpc) is 3.20. The number of hydrogen-bond donors (Lipinski definition) is 4. The van der Waals surface area contributed by atoms with E-state index in [0.717, 1.165) is 6.08 Å². The van der Waals surface area contributed by atoms with Crippen LogP contribution in [0.3, 0.4) is 0 Å². The number of aliphatic hydroxyl groups excluding tert-OH is 2. The van der Waals surface area contributed by atoms with E-state index < -0.39 is 30.7 Å². The van der Waals surface area contributed by atoms with Crippen LogP contribution in [-0.4, -0.2) is 67.2 Å². The zero-order valence-electron chi connectivity index (χ0n) is 15.8. The third-order valence-corrected chi connectivity index (χ3v) is 4.65. The van der Waals surface area contributed by atoms with Crippen molar-refractivity contribution in [2.24, 2.45) is 5.92 Å². The van der Waals surface area contributed by atoms with Crippen LogP contribution in [0.1, 0.15) is 20.1 Å².